The molecule has 0 aliphatic rings. The van der Waals surface area contributed by atoms with Gasteiger partial charge in [0.2, 0.25) is 5.91 Å². The number of hydrogen-bond donors (Lipinski definition) is 4. The average Bonchev–Trinajstić information content (AvgIpc) is 2.28. The number of aryl methyl sites for hydroxylation is 1. The predicted molar refractivity (Wildman–Crippen MR) is 65.2 cm³/mol. The van der Waals surface area contributed by atoms with Crippen molar-refractivity contribution in [2.45, 2.75) is 26.1 Å². The number of nitrogens with one attached hydrogen (secondary N) is 1. The maximum Gasteiger partial charge on any atom is 0.216 e. The smallest absolute Gasteiger partial charge is 0.216 e. The van der Waals surface area contributed by atoms with Gasteiger partial charge in [-0.1, -0.05) is 17.7 Å². The van der Waals surface area contributed by atoms with Gasteiger partial charge in [0, 0.05) is 24.7 Å². The zero-order chi connectivity index (χ0) is 13.0. The largest absolute Gasteiger partial charge is 0.398 e. The summed E-state index contributed by atoms with van der Waals surface area (Å²) in [4.78, 5) is 10.7. The van der Waals surface area contributed by atoms with E-state index in [0.717, 1.165) is 5.56 Å². The van der Waals surface area contributed by atoms with Crippen LogP contribution < -0.4 is 11.1 Å². The fraction of sp³-hybridized carbons (Fsp3) is 0.417. The molecule has 1 rings (SSSR count). The molecule has 5 N–H and O–H groups in total. The number of aliphatic hydroxyl groups is 2. The standard InChI is InChI=1S/C12H18N2O3/c1-7-3-4-10(13)9(5-7)12(17)11(16)6-14-8(2)15/h3-5,11-12,16-17H,6,13H2,1-2H3,(H,14,15). The fourth-order valence-electron chi connectivity index (χ4n) is 1.52. The van der Waals surface area contributed by atoms with Gasteiger partial charge in [0.25, 0.3) is 0 Å². The van der Waals surface area contributed by atoms with E-state index < -0.39 is 12.2 Å². The maximum atomic E-state index is 10.7. The van der Waals surface area contributed by atoms with E-state index in [4.69, 9.17) is 5.73 Å². The third kappa shape index (κ3) is 3.72. The molecule has 1 aromatic rings. The lowest BCUT2D eigenvalue weighted by Crippen LogP contribution is -2.34. The highest BCUT2D eigenvalue weighted by atomic mass is 16.3. The summed E-state index contributed by atoms with van der Waals surface area (Å²) < 4.78 is 0. The Morgan fingerprint density at radius 3 is 2.71 bits per heavy atom. The Hall–Kier alpha value is -1.59. The van der Waals surface area contributed by atoms with Crippen LogP contribution >= 0.6 is 0 Å². The molecule has 5 nitrogen and oxygen atoms in total. The molecule has 0 spiro atoms. The molecule has 0 saturated heterocycles. The fourth-order valence-corrected chi connectivity index (χ4v) is 1.52. The van der Waals surface area contributed by atoms with Gasteiger partial charge in [0.05, 0.1) is 0 Å². The summed E-state index contributed by atoms with van der Waals surface area (Å²) in [6.45, 7) is 3.21. The van der Waals surface area contributed by atoms with E-state index >= 15 is 0 Å². The average molecular weight is 238 g/mol. The van der Waals surface area contributed by atoms with Crippen molar-refractivity contribution < 1.29 is 15.0 Å². The quantitative estimate of drug-likeness (QED) is 0.560. The SMILES string of the molecule is CC(=O)NCC(O)C(O)c1cc(C)ccc1N. The topological polar surface area (TPSA) is 95.6 Å². The van der Waals surface area contributed by atoms with E-state index in [2.05, 4.69) is 5.32 Å². The van der Waals surface area contributed by atoms with Crippen LogP contribution in [0.5, 0.6) is 0 Å². The first-order valence-electron chi connectivity index (χ1n) is 5.38. The Labute approximate surface area is 100 Å². The van der Waals surface area contributed by atoms with Crippen LogP contribution in [0, 0.1) is 6.92 Å². The molecular formula is C12H18N2O3. The third-order valence-electron chi connectivity index (χ3n) is 2.49. The van der Waals surface area contributed by atoms with Gasteiger partial charge in [0.1, 0.15) is 12.2 Å². The number of anilines is 1. The molecule has 0 heterocycles. The summed E-state index contributed by atoms with van der Waals surface area (Å²) in [5.41, 5.74) is 7.57. The minimum atomic E-state index is -1.11. The monoisotopic (exact) mass is 238 g/mol. The van der Waals surface area contributed by atoms with E-state index in [1.165, 1.54) is 6.92 Å². The molecule has 0 radical (unpaired) electrons. The second-order valence-corrected chi connectivity index (χ2v) is 4.08. The second kappa shape index (κ2) is 5.65. The minimum Gasteiger partial charge on any atom is -0.398 e. The molecular weight excluding hydrogens is 220 g/mol. The van der Waals surface area contributed by atoms with E-state index in [0.29, 0.717) is 11.3 Å². The molecule has 2 unspecified atom stereocenters. The lowest BCUT2D eigenvalue weighted by atomic mass is 10.0. The maximum absolute atomic E-state index is 10.7. The van der Waals surface area contributed by atoms with Gasteiger partial charge in [-0.2, -0.15) is 0 Å². The highest BCUT2D eigenvalue weighted by molar-refractivity contribution is 5.72. The van der Waals surface area contributed by atoms with Crippen molar-refractivity contribution in [3.05, 3.63) is 29.3 Å². The van der Waals surface area contributed by atoms with E-state index in [1.807, 2.05) is 13.0 Å². The summed E-state index contributed by atoms with van der Waals surface area (Å²) >= 11 is 0. The van der Waals surface area contributed by atoms with Gasteiger partial charge in [-0.3, -0.25) is 4.79 Å². The lowest BCUT2D eigenvalue weighted by molar-refractivity contribution is -0.119. The molecule has 5 heteroatoms. The zero-order valence-corrected chi connectivity index (χ0v) is 9.97. The van der Waals surface area contributed by atoms with Crippen molar-refractivity contribution in [3.8, 4) is 0 Å². The Bertz CT molecular complexity index is 407. The molecule has 0 saturated carbocycles. The molecule has 94 valence electrons. The Morgan fingerprint density at radius 2 is 2.12 bits per heavy atom. The number of aliphatic hydroxyl groups excluding tert-OH is 2. The van der Waals surface area contributed by atoms with Crippen molar-refractivity contribution in [1.82, 2.24) is 5.32 Å². The number of carbonyl (C=O) groups is 1. The third-order valence-corrected chi connectivity index (χ3v) is 2.49. The summed E-state index contributed by atoms with van der Waals surface area (Å²) in [7, 11) is 0. The first-order valence-corrected chi connectivity index (χ1v) is 5.38. The molecule has 1 amide bonds. The minimum absolute atomic E-state index is 0.0100. The number of hydrogen-bond acceptors (Lipinski definition) is 4. The van der Waals surface area contributed by atoms with Gasteiger partial charge in [-0.05, 0) is 13.0 Å². The molecule has 1 aromatic carbocycles. The van der Waals surface area contributed by atoms with E-state index in [1.54, 1.807) is 12.1 Å². The highest BCUT2D eigenvalue weighted by Crippen LogP contribution is 2.24. The van der Waals surface area contributed by atoms with Crippen LogP contribution in [0.3, 0.4) is 0 Å². The number of amides is 1. The number of benzene rings is 1. The van der Waals surface area contributed by atoms with Gasteiger partial charge < -0.3 is 21.3 Å². The normalized spacial score (nSPS) is 14.1. The number of nitrogens with two attached hydrogens (primary N) is 1. The molecule has 0 aliphatic heterocycles. The van der Waals surface area contributed by atoms with Crippen LogP contribution in [-0.2, 0) is 4.79 Å². The molecule has 17 heavy (non-hydrogen) atoms. The molecule has 0 bridgehead atoms. The summed E-state index contributed by atoms with van der Waals surface area (Å²) in [6.07, 6.45) is -2.19. The van der Waals surface area contributed by atoms with E-state index in [-0.39, 0.29) is 12.5 Å². The molecule has 0 fully saturated rings. The first-order chi connectivity index (χ1) is 7.91. The highest BCUT2D eigenvalue weighted by Gasteiger charge is 2.20. The molecule has 0 aromatic heterocycles. The predicted octanol–water partition coefficient (Wildman–Crippen LogP) is 0.108. The van der Waals surface area contributed by atoms with Gasteiger partial charge >= 0.3 is 0 Å². The Balaban J connectivity index is 2.77. The lowest BCUT2D eigenvalue weighted by Gasteiger charge is -2.20. The summed E-state index contributed by atoms with van der Waals surface area (Å²) in [5.74, 6) is -0.256. The van der Waals surface area contributed by atoms with Crippen LogP contribution in [0.1, 0.15) is 24.2 Å². The second-order valence-electron chi connectivity index (χ2n) is 4.08. The summed E-state index contributed by atoms with van der Waals surface area (Å²) in [6, 6.07) is 5.22. The van der Waals surface area contributed by atoms with Crippen molar-refractivity contribution in [3.63, 3.8) is 0 Å². The first kappa shape index (κ1) is 13.5. The van der Waals surface area contributed by atoms with Crippen LogP contribution in [0.4, 0.5) is 5.69 Å². The molecule has 0 aliphatic carbocycles. The zero-order valence-electron chi connectivity index (χ0n) is 9.97. The van der Waals surface area contributed by atoms with Crippen molar-refractivity contribution in [2.24, 2.45) is 0 Å². The number of nitrogen functional groups attached to an aromatic ring is 1. The Morgan fingerprint density at radius 1 is 1.47 bits per heavy atom. The number of carbonyl (C=O) groups excluding carboxylic acids is 1. The summed E-state index contributed by atoms with van der Waals surface area (Å²) in [5, 5.41) is 22.1. The molecule has 2 atom stereocenters. The van der Waals surface area contributed by atoms with Crippen LogP contribution in [0.2, 0.25) is 0 Å². The van der Waals surface area contributed by atoms with Crippen molar-refractivity contribution in [2.75, 3.05) is 12.3 Å². The van der Waals surface area contributed by atoms with Crippen LogP contribution in [0.25, 0.3) is 0 Å². The van der Waals surface area contributed by atoms with Gasteiger partial charge in [0.15, 0.2) is 0 Å². The van der Waals surface area contributed by atoms with E-state index in [9.17, 15) is 15.0 Å². The van der Waals surface area contributed by atoms with Gasteiger partial charge in [-0.25, -0.2) is 0 Å². The van der Waals surface area contributed by atoms with Crippen LogP contribution in [-0.4, -0.2) is 28.8 Å². The van der Waals surface area contributed by atoms with Crippen molar-refractivity contribution in [1.29, 1.82) is 0 Å². The van der Waals surface area contributed by atoms with Gasteiger partial charge in [-0.15, -0.1) is 0 Å². The number of rotatable bonds is 4. The van der Waals surface area contributed by atoms with Crippen molar-refractivity contribution >= 4 is 11.6 Å². The Kier molecular flexibility index (Phi) is 4.48. The van der Waals surface area contributed by atoms with Crippen LogP contribution in [0.15, 0.2) is 18.2 Å².